The Balaban J connectivity index is 1.42. The van der Waals surface area contributed by atoms with Crippen LogP contribution in [0, 0.1) is 0 Å². The molecule has 0 unspecified atom stereocenters. The summed E-state index contributed by atoms with van der Waals surface area (Å²) >= 11 is 0. The van der Waals surface area contributed by atoms with E-state index in [1.54, 1.807) is 42.7 Å². The first-order chi connectivity index (χ1) is 12.8. The van der Waals surface area contributed by atoms with Crippen molar-refractivity contribution < 1.29 is 19.0 Å². The third kappa shape index (κ3) is 3.57. The summed E-state index contributed by atoms with van der Waals surface area (Å²) in [6, 6.07) is 16.1. The van der Waals surface area contributed by atoms with Crippen LogP contribution in [0.2, 0.25) is 0 Å². The lowest BCUT2D eigenvalue weighted by atomic mass is 10.1. The number of carbonyl (C=O) groups is 1. The van der Waals surface area contributed by atoms with Crippen molar-refractivity contribution in [3.8, 4) is 17.2 Å². The van der Waals surface area contributed by atoms with E-state index in [0.29, 0.717) is 22.8 Å². The number of hydrogen-bond acceptors (Lipinski definition) is 5. The molecule has 1 aliphatic rings. The molecule has 2 aromatic carbocycles. The molecule has 0 amide bonds. The van der Waals surface area contributed by atoms with Crippen LogP contribution in [0.25, 0.3) is 12.2 Å². The van der Waals surface area contributed by atoms with Crippen LogP contribution in [0.5, 0.6) is 17.2 Å². The standard InChI is InChI=1S/C21H15NO4/c23-21(17-5-8-19-20(13-17)25-14-24-19)26-18-6-3-15(4-7-18)1-2-16-9-11-22-12-10-16/h1-13H,14H2/b2-1+. The third-order valence-corrected chi connectivity index (χ3v) is 3.87. The Morgan fingerprint density at radius 2 is 1.58 bits per heavy atom. The van der Waals surface area contributed by atoms with Crippen molar-refractivity contribution in [3.05, 3.63) is 83.7 Å². The molecular formula is C21H15NO4. The Hall–Kier alpha value is -3.60. The molecule has 0 fully saturated rings. The van der Waals surface area contributed by atoms with Gasteiger partial charge in [0.1, 0.15) is 5.75 Å². The number of rotatable bonds is 4. The number of carbonyl (C=O) groups excluding carboxylic acids is 1. The number of hydrogen-bond donors (Lipinski definition) is 0. The number of pyridine rings is 1. The van der Waals surface area contributed by atoms with Crippen LogP contribution in [0.1, 0.15) is 21.5 Å². The SMILES string of the molecule is O=C(Oc1ccc(/C=C/c2ccncc2)cc1)c1ccc2c(c1)OCO2. The maximum Gasteiger partial charge on any atom is 0.343 e. The van der Waals surface area contributed by atoms with E-state index >= 15 is 0 Å². The summed E-state index contributed by atoms with van der Waals surface area (Å²) in [7, 11) is 0. The van der Waals surface area contributed by atoms with Crippen molar-refractivity contribution in [2.45, 2.75) is 0 Å². The van der Waals surface area contributed by atoms with E-state index in [4.69, 9.17) is 14.2 Å². The molecule has 0 saturated heterocycles. The minimum atomic E-state index is -0.441. The van der Waals surface area contributed by atoms with Gasteiger partial charge in [-0.15, -0.1) is 0 Å². The fourth-order valence-corrected chi connectivity index (χ4v) is 2.50. The molecule has 0 aliphatic carbocycles. The molecule has 5 heteroatoms. The van der Waals surface area contributed by atoms with Gasteiger partial charge < -0.3 is 14.2 Å². The highest BCUT2D eigenvalue weighted by molar-refractivity contribution is 5.92. The monoisotopic (exact) mass is 345 g/mol. The molecule has 3 aromatic rings. The van der Waals surface area contributed by atoms with Crippen LogP contribution in [-0.2, 0) is 0 Å². The van der Waals surface area contributed by atoms with E-state index < -0.39 is 5.97 Å². The molecule has 0 radical (unpaired) electrons. The number of aromatic nitrogens is 1. The second-order valence-corrected chi connectivity index (χ2v) is 5.64. The van der Waals surface area contributed by atoms with Gasteiger partial charge in [-0.25, -0.2) is 4.79 Å². The van der Waals surface area contributed by atoms with Crippen LogP contribution in [0.4, 0.5) is 0 Å². The highest BCUT2D eigenvalue weighted by Crippen LogP contribution is 2.32. The lowest BCUT2D eigenvalue weighted by molar-refractivity contribution is 0.0734. The van der Waals surface area contributed by atoms with Gasteiger partial charge in [-0.2, -0.15) is 0 Å². The predicted molar refractivity (Wildman–Crippen MR) is 97.1 cm³/mol. The number of esters is 1. The van der Waals surface area contributed by atoms with Crippen molar-refractivity contribution in [2.75, 3.05) is 6.79 Å². The smallest absolute Gasteiger partial charge is 0.343 e. The first-order valence-electron chi connectivity index (χ1n) is 8.08. The van der Waals surface area contributed by atoms with Gasteiger partial charge in [-0.1, -0.05) is 24.3 Å². The molecule has 1 aromatic heterocycles. The van der Waals surface area contributed by atoms with Crippen molar-refractivity contribution in [1.82, 2.24) is 4.98 Å². The molecular weight excluding hydrogens is 330 g/mol. The zero-order chi connectivity index (χ0) is 17.8. The Morgan fingerprint density at radius 3 is 2.35 bits per heavy atom. The largest absolute Gasteiger partial charge is 0.454 e. The van der Waals surface area contributed by atoms with Gasteiger partial charge in [-0.3, -0.25) is 4.98 Å². The molecule has 2 heterocycles. The van der Waals surface area contributed by atoms with Gasteiger partial charge in [-0.05, 0) is 53.6 Å². The Bertz CT molecular complexity index is 950. The van der Waals surface area contributed by atoms with Gasteiger partial charge in [0.25, 0.3) is 0 Å². The third-order valence-electron chi connectivity index (χ3n) is 3.87. The maximum atomic E-state index is 12.3. The second-order valence-electron chi connectivity index (χ2n) is 5.64. The van der Waals surface area contributed by atoms with Gasteiger partial charge in [0, 0.05) is 12.4 Å². The molecule has 26 heavy (non-hydrogen) atoms. The van der Waals surface area contributed by atoms with E-state index in [9.17, 15) is 4.79 Å². The summed E-state index contributed by atoms with van der Waals surface area (Å²) in [5, 5.41) is 0. The number of ether oxygens (including phenoxy) is 3. The van der Waals surface area contributed by atoms with Crippen LogP contribution in [0.3, 0.4) is 0 Å². The average molecular weight is 345 g/mol. The Kier molecular flexibility index (Phi) is 4.35. The first kappa shape index (κ1) is 15.9. The van der Waals surface area contributed by atoms with E-state index in [1.807, 2.05) is 36.4 Å². The second kappa shape index (κ2) is 7.11. The summed E-state index contributed by atoms with van der Waals surface area (Å²) in [5.74, 6) is 1.22. The minimum Gasteiger partial charge on any atom is -0.454 e. The number of nitrogens with zero attached hydrogens (tertiary/aromatic N) is 1. The lowest BCUT2D eigenvalue weighted by Gasteiger charge is -2.05. The lowest BCUT2D eigenvalue weighted by Crippen LogP contribution is -2.08. The molecule has 128 valence electrons. The highest BCUT2D eigenvalue weighted by Gasteiger charge is 2.17. The van der Waals surface area contributed by atoms with Gasteiger partial charge >= 0.3 is 5.97 Å². The summed E-state index contributed by atoms with van der Waals surface area (Å²) in [6.45, 7) is 0.169. The van der Waals surface area contributed by atoms with Gasteiger partial charge in [0.2, 0.25) is 6.79 Å². The van der Waals surface area contributed by atoms with Crippen LogP contribution < -0.4 is 14.2 Å². The Morgan fingerprint density at radius 1 is 0.885 bits per heavy atom. The quantitative estimate of drug-likeness (QED) is 0.524. The first-order valence-corrected chi connectivity index (χ1v) is 8.08. The predicted octanol–water partition coefficient (Wildman–Crippen LogP) is 4.20. The Labute approximate surface area is 150 Å². The van der Waals surface area contributed by atoms with Crippen molar-refractivity contribution in [2.24, 2.45) is 0 Å². The molecule has 0 N–H and O–H groups in total. The molecule has 5 nitrogen and oxygen atoms in total. The maximum absolute atomic E-state index is 12.3. The molecule has 0 spiro atoms. The number of fused-ring (bicyclic) bond motifs is 1. The molecule has 1 aliphatic heterocycles. The van der Waals surface area contributed by atoms with E-state index in [0.717, 1.165) is 11.1 Å². The van der Waals surface area contributed by atoms with E-state index in [2.05, 4.69) is 4.98 Å². The zero-order valence-electron chi connectivity index (χ0n) is 13.8. The van der Waals surface area contributed by atoms with Crippen molar-refractivity contribution in [3.63, 3.8) is 0 Å². The molecule has 0 bridgehead atoms. The van der Waals surface area contributed by atoms with E-state index in [-0.39, 0.29) is 6.79 Å². The number of benzene rings is 2. The highest BCUT2D eigenvalue weighted by atomic mass is 16.7. The fourth-order valence-electron chi connectivity index (χ4n) is 2.50. The van der Waals surface area contributed by atoms with Crippen LogP contribution >= 0.6 is 0 Å². The summed E-state index contributed by atoms with van der Waals surface area (Å²) in [4.78, 5) is 16.3. The van der Waals surface area contributed by atoms with Crippen molar-refractivity contribution >= 4 is 18.1 Å². The fraction of sp³-hybridized carbons (Fsp3) is 0.0476. The van der Waals surface area contributed by atoms with Gasteiger partial charge in [0.05, 0.1) is 5.56 Å². The van der Waals surface area contributed by atoms with Crippen LogP contribution in [0.15, 0.2) is 67.0 Å². The summed E-state index contributed by atoms with van der Waals surface area (Å²) in [6.07, 6.45) is 7.48. The minimum absolute atomic E-state index is 0.169. The van der Waals surface area contributed by atoms with Crippen molar-refractivity contribution in [1.29, 1.82) is 0 Å². The van der Waals surface area contributed by atoms with Crippen LogP contribution in [-0.4, -0.2) is 17.7 Å². The summed E-state index contributed by atoms with van der Waals surface area (Å²) < 4.78 is 15.9. The van der Waals surface area contributed by atoms with Gasteiger partial charge in [0.15, 0.2) is 11.5 Å². The van der Waals surface area contributed by atoms with E-state index in [1.165, 1.54) is 0 Å². The molecule has 0 atom stereocenters. The zero-order valence-corrected chi connectivity index (χ0v) is 13.8. The molecule has 0 saturated carbocycles. The average Bonchev–Trinajstić information content (AvgIpc) is 3.16. The molecule has 4 rings (SSSR count). The normalized spacial score (nSPS) is 12.3. The summed E-state index contributed by atoms with van der Waals surface area (Å²) in [5.41, 5.74) is 2.49. The topological polar surface area (TPSA) is 57.7 Å².